The van der Waals surface area contributed by atoms with E-state index in [4.69, 9.17) is 10.5 Å². The highest BCUT2D eigenvalue weighted by Crippen LogP contribution is 2.15. The van der Waals surface area contributed by atoms with Gasteiger partial charge < -0.3 is 15.8 Å². The number of amides is 1. The normalized spacial score (nSPS) is 13.6. The molecule has 0 aliphatic heterocycles. The number of benzene rings is 1. The number of esters is 1. The Morgan fingerprint density at radius 2 is 1.86 bits per heavy atom. The van der Waals surface area contributed by atoms with E-state index in [2.05, 4.69) is 5.32 Å². The number of carbonyl (C=O) groups is 2. The molecule has 0 fully saturated rings. The summed E-state index contributed by atoms with van der Waals surface area (Å²) in [5.41, 5.74) is 7.05. The number of hydrogen-bond donors (Lipinski definition) is 2. The van der Waals surface area contributed by atoms with E-state index in [1.54, 1.807) is 0 Å². The molecule has 5 heteroatoms. The van der Waals surface area contributed by atoms with Crippen molar-refractivity contribution in [3.8, 4) is 0 Å². The maximum Gasteiger partial charge on any atom is 0.328 e. The van der Waals surface area contributed by atoms with Crippen LogP contribution in [0.4, 0.5) is 0 Å². The van der Waals surface area contributed by atoms with E-state index in [0.717, 1.165) is 5.56 Å². The molecular weight excluding hydrogens is 268 g/mol. The van der Waals surface area contributed by atoms with Crippen molar-refractivity contribution in [1.82, 2.24) is 5.32 Å². The fraction of sp³-hybridized carbons (Fsp3) is 0.500. The van der Waals surface area contributed by atoms with E-state index in [1.807, 2.05) is 44.2 Å². The van der Waals surface area contributed by atoms with Gasteiger partial charge in [-0.1, -0.05) is 44.2 Å². The molecule has 0 radical (unpaired) electrons. The second-order valence-corrected chi connectivity index (χ2v) is 5.37. The summed E-state index contributed by atoms with van der Waals surface area (Å²) >= 11 is 0. The van der Waals surface area contributed by atoms with Gasteiger partial charge in [0.05, 0.1) is 7.11 Å². The highest BCUT2D eigenvalue weighted by molar-refractivity contribution is 5.84. The number of carbonyl (C=O) groups excluding carboxylic acids is 2. The van der Waals surface area contributed by atoms with Crippen molar-refractivity contribution in [2.75, 3.05) is 7.11 Å². The van der Waals surface area contributed by atoms with Gasteiger partial charge >= 0.3 is 5.97 Å². The van der Waals surface area contributed by atoms with Gasteiger partial charge in [-0.3, -0.25) is 4.79 Å². The maximum atomic E-state index is 11.9. The van der Waals surface area contributed by atoms with Crippen molar-refractivity contribution < 1.29 is 14.3 Å². The number of ether oxygens (including phenoxy) is 1. The maximum absolute atomic E-state index is 11.9. The molecule has 0 aliphatic rings. The lowest BCUT2D eigenvalue weighted by Crippen LogP contribution is -2.45. The van der Waals surface area contributed by atoms with E-state index in [1.165, 1.54) is 7.11 Å². The molecule has 0 saturated carbocycles. The first-order chi connectivity index (χ1) is 9.95. The van der Waals surface area contributed by atoms with E-state index >= 15 is 0 Å². The van der Waals surface area contributed by atoms with Crippen molar-refractivity contribution in [2.24, 2.45) is 11.7 Å². The summed E-state index contributed by atoms with van der Waals surface area (Å²) in [6.45, 7) is 3.72. The zero-order valence-electron chi connectivity index (χ0n) is 12.8. The van der Waals surface area contributed by atoms with Gasteiger partial charge in [0.2, 0.25) is 5.91 Å². The van der Waals surface area contributed by atoms with Gasteiger partial charge in [0.15, 0.2) is 0 Å². The lowest BCUT2D eigenvalue weighted by atomic mass is 10.0. The second-order valence-electron chi connectivity index (χ2n) is 5.37. The summed E-state index contributed by atoms with van der Waals surface area (Å²) in [6, 6.07) is 8.83. The van der Waals surface area contributed by atoms with Crippen molar-refractivity contribution in [3.63, 3.8) is 0 Å². The predicted octanol–water partition coefficient (Wildman–Crippen LogP) is 1.78. The largest absolute Gasteiger partial charge is 0.467 e. The molecule has 1 rings (SSSR count). The third kappa shape index (κ3) is 5.55. The summed E-state index contributed by atoms with van der Waals surface area (Å²) < 4.78 is 4.69. The molecule has 21 heavy (non-hydrogen) atoms. The van der Waals surface area contributed by atoms with Gasteiger partial charge in [-0.15, -0.1) is 0 Å². The number of nitrogens with one attached hydrogen (secondary N) is 1. The first-order valence-corrected chi connectivity index (χ1v) is 7.13. The zero-order valence-corrected chi connectivity index (χ0v) is 12.8. The number of methoxy groups -OCH3 is 1. The molecule has 0 bridgehead atoms. The van der Waals surface area contributed by atoms with Crippen LogP contribution in [0, 0.1) is 5.92 Å². The molecule has 116 valence electrons. The summed E-state index contributed by atoms with van der Waals surface area (Å²) in [4.78, 5) is 23.5. The lowest BCUT2D eigenvalue weighted by molar-refractivity contribution is -0.146. The Labute approximate surface area is 125 Å². The number of hydrogen-bond acceptors (Lipinski definition) is 4. The van der Waals surface area contributed by atoms with E-state index in [9.17, 15) is 9.59 Å². The summed E-state index contributed by atoms with van der Waals surface area (Å²) in [5, 5.41) is 2.70. The SMILES string of the molecule is COC(=O)[C@@H](NC(=O)CCC(N)c1ccccc1)C(C)C. The van der Waals surface area contributed by atoms with Crippen molar-refractivity contribution in [1.29, 1.82) is 0 Å². The van der Waals surface area contributed by atoms with Crippen LogP contribution < -0.4 is 11.1 Å². The smallest absolute Gasteiger partial charge is 0.328 e. The van der Waals surface area contributed by atoms with E-state index in [-0.39, 0.29) is 24.3 Å². The highest BCUT2D eigenvalue weighted by Gasteiger charge is 2.24. The molecular formula is C16H24N2O3. The number of nitrogens with two attached hydrogens (primary N) is 1. The molecule has 0 aromatic heterocycles. The van der Waals surface area contributed by atoms with Crippen LogP contribution in [-0.2, 0) is 14.3 Å². The van der Waals surface area contributed by atoms with Gasteiger partial charge in [0, 0.05) is 12.5 Å². The van der Waals surface area contributed by atoms with Crippen molar-refractivity contribution >= 4 is 11.9 Å². The molecule has 2 atom stereocenters. The third-order valence-corrected chi connectivity index (χ3v) is 3.35. The van der Waals surface area contributed by atoms with Crippen LogP contribution >= 0.6 is 0 Å². The van der Waals surface area contributed by atoms with Crippen molar-refractivity contribution in [3.05, 3.63) is 35.9 Å². The van der Waals surface area contributed by atoms with Crippen molar-refractivity contribution in [2.45, 2.75) is 38.8 Å². The molecule has 0 aliphatic carbocycles. The number of rotatable bonds is 7. The monoisotopic (exact) mass is 292 g/mol. The summed E-state index contributed by atoms with van der Waals surface area (Å²) in [6.07, 6.45) is 0.804. The van der Waals surface area contributed by atoms with Gasteiger partial charge in [0.25, 0.3) is 0 Å². The quantitative estimate of drug-likeness (QED) is 0.751. The molecule has 5 nitrogen and oxygen atoms in total. The molecule has 0 heterocycles. The van der Waals surface area contributed by atoms with Crippen LogP contribution in [0.25, 0.3) is 0 Å². The molecule has 1 unspecified atom stereocenters. The molecule has 0 spiro atoms. The highest BCUT2D eigenvalue weighted by atomic mass is 16.5. The summed E-state index contributed by atoms with van der Waals surface area (Å²) in [5.74, 6) is -0.639. The zero-order chi connectivity index (χ0) is 15.8. The Bertz CT molecular complexity index is 460. The minimum absolute atomic E-state index is 0.0239. The average Bonchev–Trinajstić information content (AvgIpc) is 2.50. The minimum Gasteiger partial charge on any atom is -0.467 e. The summed E-state index contributed by atoms with van der Waals surface area (Å²) in [7, 11) is 1.31. The second kappa shape index (κ2) is 8.42. The minimum atomic E-state index is -0.615. The van der Waals surface area contributed by atoms with Gasteiger partial charge in [-0.25, -0.2) is 4.79 Å². The van der Waals surface area contributed by atoms with Crippen LogP contribution in [0.3, 0.4) is 0 Å². The fourth-order valence-corrected chi connectivity index (χ4v) is 2.02. The standard InChI is InChI=1S/C16H24N2O3/c1-11(2)15(16(20)21-3)18-14(19)10-9-13(17)12-7-5-4-6-8-12/h4-8,11,13,15H,9-10,17H2,1-3H3,(H,18,19)/t13?,15-/m0/s1. The third-order valence-electron chi connectivity index (χ3n) is 3.35. The van der Waals surface area contributed by atoms with Crippen LogP contribution in [0.1, 0.15) is 38.3 Å². The van der Waals surface area contributed by atoms with Gasteiger partial charge in [0.1, 0.15) is 6.04 Å². The van der Waals surface area contributed by atoms with Crippen LogP contribution in [0.15, 0.2) is 30.3 Å². The first kappa shape index (κ1) is 17.2. The fourth-order valence-electron chi connectivity index (χ4n) is 2.02. The Morgan fingerprint density at radius 3 is 2.38 bits per heavy atom. The van der Waals surface area contributed by atoms with E-state index < -0.39 is 12.0 Å². The van der Waals surface area contributed by atoms with Crippen LogP contribution in [0.2, 0.25) is 0 Å². The Morgan fingerprint density at radius 1 is 1.24 bits per heavy atom. The van der Waals surface area contributed by atoms with Crippen LogP contribution in [-0.4, -0.2) is 25.0 Å². The molecule has 1 aromatic rings. The molecule has 1 aromatic carbocycles. The van der Waals surface area contributed by atoms with Crippen LogP contribution in [0.5, 0.6) is 0 Å². The topological polar surface area (TPSA) is 81.4 Å². The Hall–Kier alpha value is -1.88. The van der Waals surface area contributed by atoms with Gasteiger partial charge in [-0.05, 0) is 17.9 Å². The first-order valence-electron chi connectivity index (χ1n) is 7.13. The van der Waals surface area contributed by atoms with Gasteiger partial charge in [-0.2, -0.15) is 0 Å². The molecule has 3 N–H and O–H groups in total. The lowest BCUT2D eigenvalue weighted by Gasteiger charge is -2.20. The van der Waals surface area contributed by atoms with E-state index in [0.29, 0.717) is 6.42 Å². The Kier molecular flexibility index (Phi) is 6.88. The molecule has 0 saturated heterocycles. The predicted molar refractivity (Wildman–Crippen MR) is 81.4 cm³/mol. The molecule has 1 amide bonds. The Balaban J connectivity index is 2.48. The average molecular weight is 292 g/mol.